The summed E-state index contributed by atoms with van der Waals surface area (Å²) in [6.07, 6.45) is 10.0. The summed E-state index contributed by atoms with van der Waals surface area (Å²) in [6, 6.07) is 14.3. The van der Waals surface area contributed by atoms with Crippen molar-refractivity contribution in [2.45, 2.75) is 50.7 Å². The number of hydrogen-bond donors (Lipinski definition) is 1. The highest BCUT2D eigenvalue weighted by Crippen LogP contribution is 2.42. The van der Waals surface area contributed by atoms with Crippen molar-refractivity contribution < 1.29 is 0 Å². The first-order chi connectivity index (χ1) is 15.8. The van der Waals surface area contributed by atoms with Gasteiger partial charge in [-0.05, 0) is 66.0 Å². The second-order valence-corrected chi connectivity index (χ2v) is 10.1. The van der Waals surface area contributed by atoms with Crippen LogP contribution >= 0.6 is 0 Å². The molecule has 2 aliphatic carbocycles. The molecule has 2 fully saturated rings. The number of anilines is 1. The monoisotopic (exact) mass is 426 g/mol. The van der Waals surface area contributed by atoms with Gasteiger partial charge in [0.1, 0.15) is 5.82 Å². The van der Waals surface area contributed by atoms with Gasteiger partial charge < -0.3 is 5.32 Å². The topological polar surface area (TPSA) is 42.2 Å². The van der Waals surface area contributed by atoms with E-state index in [2.05, 4.69) is 63.3 Å². The van der Waals surface area contributed by atoms with Gasteiger partial charge in [-0.3, -0.25) is 14.0 Å². The number of likely N-dealkylation sites (tertiary alicyclic amines) is 1. The molecule has 2 aliphatic heterocycles. The van der Waals surface area contributed by atoms with Crippen molar-refractivity contribution in [3.05, 3.63) is 69.8 Å². The van der Waals surface area contributed by atoms with Gasteiger partial charge in [0.05, 0.1) is 5.69 Å². The zero-order valence-corrected chi connectivity index (χ0v) is 18.5. The van der Waals surface area contributed by atoms with Crippen molar-refractivity contribution >= 4 is 22.7 Å². The van der Waals surface area contributed by atoms with Crippen LogP contribution < -0.4 is 11.0 Å². The van der Waals surface area contributed by atoms with Gasteiger partial charge >= 0.3 is 5.69 Å². The van der Waals surface area contributed by atoms with Crippen LogP contribution in [0.5, 0.6) is 0 Å². The van der Waals surface area contributed by atoms with Crippen molar-refractivity contribution in [1.82, 2.24) is 14.0 Å². The number of nitrogens with zero attached hydrogens (tertiary/aromatic N) is 3. The lowest BCUT2D eigenvalue weighted by molar-refractivity contribution is 0.135. The van der Waals surface area contributed by atoms with E-state index in [-0.39, 0.29) is 11.7 Å². The van der Waals surface area contributed by atoms with Gasteiger partial charge in [-0.25, -0.2) is 4.79 Å². The van der Waals surface area contributed by atoms with Crippen molar-refractivity contribution in [1.29, 1.82) is 0 Å². The lowest BCUT2D eigenvalue weighted by Gasteiger charge is -2.37. The van der Waals surface area contributed by atoms with Gasteiger partial charge in [-0.1, -0.05) is 42.5 Å². The smallest absolute Gasteiger partial charge is 0.330 e. The van der Waals surface area contributed by atoms with Gasteiger partial charge in [0.2, 0.25) is 0 Å². The maximum Gasteiger partial charge on any atom is 0.330 e. The Labute approximate surface area is 188 Å². The molecule has 7 rings (SSSR count). The number of fused-ring (bicyclic) bond motifs is 1. The lowest BCUT2D eigenvalue weighted by atomic mass is 9.99. The Morgan fingerprint density at radius 2 is 1.81 bits per heavy atom. The van der Waals surface area contributed by atoms with Crippen LogP contribution in [-0.2, 0) is 13.0 Å². The van der Waals surface area contributed by atoms with Crippen molar-refractivity contribution in [3.8, 4) is 0 Å². The Hall–Kier alpha value is -2.79. The zero-order valence-electron chi connectivity index (χ0n) is 18.5. The van der Waals surface area contributed by atoms with Crippen LogP contribution in [0.4, 0.5) is 5.82 Å². The summed E-state index contributed by atoms with van der Waals surface area (Å²) in [6.45, 7) is 3.78. The second-order valence-electron chi connectivity index (χ2n) is 10.1. The minimum atomic E-state index is 0.192. The molecule has 5 heteroatoms. The van der Waals surface area contributed by atoms with Gasteiger partial charge in [-0.15, -0.1) is 0 Å². The van der Waals surface area contributed by atoms with Crippen LogP contribution in [0, 0.1) is 5.92 Å². The third kappa shape index (κ3) is 2.83. The molecule has 3 aromatic rings. The summed E-state index contributed by atoms with van der Waals surface area (Å²) >= 11 is 0. The molecule has 0 radical (unpaired) electrons. The van der Waals surface area contributed by atoms with Crippen molar-refractivity contribution in [3.63, 3.8) is 0 Å². The van der Waals surface area contributed by atoms with Crippen LogP contribution in [-0.4, -0.2) is 33.7 Å². The van der Waals surface area contributed by atoms with E-state index in [1.54, 1.807) is 0 Å². The van der Waals surface area contributed by atoms with E-state index in [1.807, 2.05) is 4.57 Å². The number of imidazole rings is 1. The fraction of sp³-hybridized carbons (Fsp3) is 0.444. The van der Waals surface area contributed by atoms with Crippen molar-refractivity contribution in [2.24, 2.45) is 5.92 Å². The Balaban J connectivity index is 1.15. The standard InChI is InChI=1S/C27H30N4O/c32-27-30(17-18-9-10-18)26-23(8-3-13-28-26)31(27)21-11-14-29(15-12-21)24-16-20-6-1-4-19-5-2-7-22(24)25(19)20/h1-8,18,21,24,28H,9-17H2/t24-/m1/s1. The molecule has 32 heavy (non-hydrogen) atoms. The third-order valence-electron chi connectivity index (χ3n) is 8.11. The Bertz CT molecular complexity index is 1280. The zero-order chi connectivity index (χ0) is 21.2. The molecule has 1 saturated carbocycles. The second kappa shape index (κ2) is 7.11. The molecule has 0 spiro atoms. The molecule has 1 N–H and O–H groups in total. The average Bonchev–Trinajstić information content (AvgIpc) is 3.52. The number of benzene rings is 2. The maximum absolute atomic E-state index is 13.5. The van der Waals surface area contributed by atoms with E-state index in [0.29, 0.717) is 12.0 Å². The van der Waals surface area contributed by atoms with E-state index >= 15 is 0 Å². The quantitative estimate of drug-likeness (QED) is 0.664. The fourth-order valence-corrected chi connectivity index (χ4v) is 6.33. The summed E-state index contributed by atoms with van der Waals surface area (Å²) < 4.78 is 4.14. The Morgan fingerprint density at radius 3 is 2.62 bits per heavy atom. The van der Waals surface area contributed by atoms with E-state index in [9.17, 15) is 4.79 Å². The van der Waals surface area contributed by atoms with Crippen LogP contribution in [0.1, 0.15) is 54.6 Å². The maximum atomic E-state index is 13.5. The van der Waals surface area contributed by atoms with Gasteiger partial charge in [0.25, 0.3) is 0 Å². The molecule has 1 atom stereocenters. The van der Waals surface area contributed by atoms with Crippen molar-refractivity contribution in [2.75, 3.05) is 25.0 Å². The van der Waals surface area contributed by atoms with Gasteiger partial charge in [0.15, 0.2) is 0 Å². The molecule has 1 aromatic heterocycles. The highest BCUT2D eigenvalue weighted by Gasteiger charge is 2.34. The van der Waals surface area contributed by atoms with Gasteiger partial charge in [0, 0.05) is 38.3 Å². The summed E-state index contributed by atoms with van der Waals surface area (Å²) in [5.74, 6) is 1.73. The summed E-state index contributed by atoms with van der Waals surface area (Å²) in [7, 11) is 0. The minimum Gasteiger partial charge on any atom is -0.366 e. The molecule has 0 amide bonds. The number of nitrogens with one attached hydrogen (secondary N) is 1. The number of aromatic nitrogens is 2. The predicted molar refractivity (Wildman–Crippen MR) is 129 cm³/mol. The lowest BCUT2D eigenvalue weighted by Crippen LogP contribution is -2.40. The van der Waals surface area contributed by atoms with Crippen LogP contribution in [0.3, 0.4) is 0 Å². The van der Waals surface area contributed by atoms with E-state index in [0.717, 1.165) is 57.0 Å². The average molecular weight is 427 g/mol. The molecule has 4 aliphatic rings. The van der Waals surface area contributed by atoms with E-state index < -0.39 is 0 Å². The summed E-state index contributed by atoms with van der Waals surface area (Å²) in [5, 5.41) is 6.32. The van der Waals surface area contributed by atoms with Crippen LogP contribution in [0.15, 0.2) is 47.3 Å². The first kappa shape index (κ1) is 18.8. The predicted octanol–water partition coefficient (Wildman–Crippen LogP) is 4.59. The van der Waals surface area contributed by atoms with E-state index in [1.165, 1.54) is 34.7 Å². The summed E-state index contributed by atoms with van der Waals surface area (Å²) in [5.41, 5.74) is 4.27. The largest absolute Gasteiger partial charge is 0.366 e. The highest BCUT2D eigenvalue weighted by molar-refractivity contribution is 5.91. The Kier molecular flexibility index (Phi) is 4.16. The molecule has 5 nitrogen and oxygen atoms in total. The number of hydrogen-bond acceptors (Lipinski definition) is 3. The molecule has 1 saturated heterocycles. The fourth-order valence-electron chi connectivity index (χ4n) is 6.33. The molecule has 0 unspecified atom stereocenters. The summed E-state index contributed by atoms with van der Waals surface area (Å²) in [4.78, 5) is 16.1. The molecule has 0 bridgehead atoms. The van der Waals surface area contributed by atoms with Crippen LogP contribution in [0.2, 0.25) is 0 Å². The third-order valence-corrected chi connectivity index (χ3v) is 8.11. The first-order valence-electron chi connectivity index (χ1n) is 12.3. The molecule has 164 valence electrons. The number of rotatable bonds is 4. The van der Waals surface area contributed by atoms with E-state index in [4.69, 9.17) is 0 Å². The first-order valence-corrected chi connectivity index (χ1v) is 12.3. The molecular formula is C27H30N4O. The number of piperidine rings is 1. The normalized spacial score (nSPS) is 22.9. The Morgan fingerprint density at radius 1 is 1.00 bits per heavy atom. The highest BCUT2D eigenvalue weighted by atomic mass is 16.2. The van der Waals surface area contributed by atoms with Gasteiger partial charge in [-0.2, -0.15) is 0 Å². The molecular weight excluding hydrogens is 396 g/mol. The minimum absolute atomic E-state index is 0.192. The molecule has 2 aromatic carbocycles. The molecule has 3 heterocycles. The van der Waals surface area contributed by atoms with Crippen LogP contribution in [0.25, 0.3) is 16.8 Å². The SMILES string of the molecule is O=c1n(CC2CC2)c2c(n1C1CCN([C@@H]3Cc4cccc5cccc3c45)CC1)C=CCN2.